The minimum Gasteiger partial charge on any atom is -0.350 e. The lowest BCUT2D eigenvalue weighted by Crippen LogP contribution is -2.23. The van der Waals surface area contributed by atoms with Crippen LogP contribution in [0.4, 0.5) is 18.3 Å². The number of carbonyl (C=O) groups excluding carboxylic acids is 2. The highest BCUT2D eigenvalue weighted by atomic mass is 32.2. The first-order valence-corrected chi connectivity index (χ1v) is 12.4. The number of aryl methyl sites for hydroxylation is 1. The van der Waals surface area contributed by atoms with E-state index in [-0.39, 0.29) is 12.3 Å². The number of alkyl halides is 3. The van der Waals surface area contributed by atoms with Crippen LogP contribution in [0.1, 0.15) is 23.2 Å². The number of aromatic nitrogens is 2. The summed E-state index contributed by atoms with van der Waals surface area (Å²) >= 11 is 2.56. The summed E-state index contributed by atoms with van der Waals surface area (Å²) in [4.78, 5) is 32.0. The van der Waals surface area contributed by atoms with E-state index in [1.165, 1.54) is 29.6 Å². The molecule has 0 unspecified atom stereocenters. The van der Waals surface area contributed by atoms with E-state index in [2.05, 4.69) is 20.6 Å². The normalized spacial score (nSPS) is 11.9. The van der Waals surface area contributed by atoms with Crippen molar-refractivity contribution in [2.75, 3.05) is 5.32 Å². The fourth-order valence-corrected chi connectivity index (χ4v) is 5.19. The predicted molar refractivity (Wildman–Crippen MR) is 117 cm³/mol. The number of amides is 2. The van der Waals surface area contributed by atoms with Crippen LogP contribution in [0.15, 0.2) is 34.5 Å². The van der Waals surface area contributed by atoms with Gasteiger partial charge in [0.25, 0.3) is 9.84 Å². The van der Waals surface area contributed by atoms with Gasteiger partial charge in [-0.3, -0.25) is 9.59 Å². The highest BCUT2D eigenvalue weighted by Crippen LogP contribution is 2.33. The third-order valence-electron chi connectivity index (χ3n) is 4.22. The second-order valence-corrected chi connectivity index (χ2v) is 10.7. The molecule has 0 aliphatic heterocycles. The molecule has 14 heteroatoms. The number of anilines is 1. The smallest absolute Gasteiger partial charge is 0.350 e. The molecule has 8 nitrogen and oxygen atoms in total. The Labute approximate surface area is 194 Å². The molecule has 0 saturated carbocycles. The minimum atomic E-state index is -5.44. The quantitative estimate of drug-likeness (QED) is 0.493. The second kappa shape index (κ2) is 9.57. The summed E-state index contributed by atoms with van der Waals surface area (Å²) in [5.74, 6) is -0.630. The van der Waals surface area contributed by atoms with Crippen LogP contribution in [-0.2, 0) is 32.4 Å². The Kier molecular flexibility index (Phi) is 7.19. The van der Waals surface area contributed by atoms with Gasteiger partial charge in [-0.15, -0.1) is 22.7 Å². The van der Waals surface area contributed by atoms with Crippen molar-refractivity contribution in [3.05, 3.63) is 45.9 Å². The molecular weight excluding hydrogens is 501 g/mol. The number of benzene rings is 1. The highest BCUT2D eigenvalue weighted by Gasteiger charge is 2.46. The molecule has 0 aliphatic carbocycles. The van der Waals surface area contributed by atoms with Gasteiger partial charge in [0.05, 0.1) is 34.1 Å². The fraction of sp³-hybridized carbons (Fsp3) is 0.263. The first-order valence-electron chi connectivity index (χ1n) is 9.23. The summed E-state index contributed by atoms with van der Waals surface area (Å²) in [6.45, 7) is 3.52. The molecule has 0 spiro atoms. The van der Waals surface area contributed by atoms with Gasteiger partial charge in [0, 0.05) is 12.3 Å². The van der Waals surface area contributed by atoms with Crippen molar-refractivity contribution in [2.45, 2.75) is 37.2 Å². The van der Waals surface area contributed by atoms with Crippen molar-refractivity contribution in [1.29, 1.82) is 0 Å². The number of halogens is 3. The number of nitrogens with zero attached hydrogens (tertiary/aromatic N) is 2. The molecule has 3 rings (SSSR count). The van der Waals surface area contributed by atoms with Crippen molar-refractivity contribution in [2.24, 2.45) is 0 Å². The van der Waals surface area contributed by atoms with Crippen LogP contribution in [0, 0.1) is 6.92 Å². The maximum atomic E-state index is 12.6. The molecule has 0 bridgehead atoms. The summed E-state index contributed by atoms with van der Waals surface area (Å²) in [6.07, 6.45) is -0.179. The molecule has 0 saturated heterocycles. The van der Waals surface area contributed by atoms with Crippen molar-refractivity contribution < 1.29 is 31.2 Å². The molecule has 176 valence electrons. The van der Waals surface area contributed by atoms with Gasteiger partial charge in [0.2, 0.25) is 11.8 Å². The zero-order valence-corrected chi connectivity index (χ0v) is 19.6. The summed E-state index contributed by atoms with van der Waals surface area (Å²) < 4.78 is 60.7. The van der Waals surface area contributed by atoms with Crippen molar-refractivity contribution in [1.82, 2.24) is 15.3 Å². The molecule has 0 atom stereocenters. The van der Waals surface area contributed by atoms with E-state index in [1.807, 2.05) is 6.92 Å². The van der Waals surface area contributed by atoms with E-state index in [0.29, 0.717) is 27.9 Å². The van der Waals surface area contributed by atoms with Gasteiger partial charge < -0.3 is 10.6 Å². The van der Waals surface area contributed by atoms with Crippen LogP contribution in [0.5, 0.6) is 0 Å². The van der Waals surface area contributed by atoms with Gasteiger partial charge in [-0.1, -0.05) is 12.1 Å². The number of thiazole rings is 2. The average Bonchev–Trinajstić information content (AvgIpc) is 3.32. The van der Waals surface area contributed by atoms with Crippen LogP contribution in [-0.4, -0.2) is 35.7 Å². The number of rotatable bonds is 7. The number of sulfone groups is 1. The lowest BCUT2D eigenvalue weighted by Gasteiger charge is -2.08. The van der Waals surface area contributed by atoms with Gasteiger partial charge in [0.1, 0.15) is 5.01 Å². The van der Waals surface area contributed by atoms with Gasteiger partial charge in [-0.2, -0.15) is 13.2 Å². The van der Waals surface area contributed by atoms with Gasteiger partial charge in [-0.25, -0.2) is 18.4 Å². The lowest BCUT2D eigenvalue weighted by atomic mass is 10.1. The Morgan fingerprint density at radius 1 is 1.12 bits per heavy atom. The van der Waals surface area contributed by atoms with E-state index in [1.54, 1.807) is 5.38 Å². The third kappa shape index (κ3) is 5.94. The minimum absolute atomic E-state index is 0.167. The second-order valence-electron chi connectivity index (χ2n) is 6.79. The van der Waals surface area contributed by atoms with Crippen LogP contribution < -0.4 is 10.6 Å². The summed E-state index contributed by atoms with van der Waals surface area (Å²) in [7, 11) is -5.44. The summed E-state index contributed by atoms with van der Waals surface area (Å²) in [5.41, 5.74) is -3.71. The van der Waals surface area contributed by atoms with Crippen molar-refractivity contribution in [3.63, 3.8) is 0 Å². The Morgan fingerprint density at radius 2 is 1.79 bits per heavy atom. The van der Waals surface area contributed by atoms with Crippen LogP contribution in [0.25, 0.3) is 10.6 Å². The molecule has 2 heterocycles. The number of hydrogen-bond donors (Lipinski definition) is 2. The maximum absolute atomic E-state index is 12.6. The van der Waals surface area contributed by atoms with Gasteiger partial charge >= 0.3 is 5.51 Å². The predicted octanol–water partition coefficient (Wildman–Crippen LogP) is 3.69. The van der Waals surface area contributed by atoms with Crippen molar-refractivity contribution in [3.8, 4) is 10.6 Å². The Hall–Kier alpha value is -2.84. The zero-order valence-electron chi connectivity index (χ0n) is 17.2. The van der Waals surface area contributed by atoms with Crippen molar-refractivity contribution >= 4 is 49.5 Å². The van der Waals surface area contributed by atoms with Gasteiger partial charge in [0.15, 0.2) is 5.13 Å². The molecule has 0 aliphatic rings. The number of carbonyl (C=O) groups is 2. The number of nitrogens with one attached hydrogen (secondary N) is 2. The maximum Gasteiger partial charge on any atom is 0.501 e. The van der Waals surface area contributed by atoms with Crippen LogP contribution in [0.2, 0.25) is 0 Å². The highest BCUT2D eigenvalue weighted by molar-refractivity contribution is 7.92. The Bertz CT molecular complexity index is 1280. The van der Waals surface area contributed by atoms with E-state index < -0.39 is 26.1 Å². The molecule has 33 heavy (non-hydrogen) atoms. The standard InChI is InChI=1S/C19H17F3N4O4S3/c1-10-17(32-16(24-10)8-23-11(2)27)14-9-31-18(25-14)26-15(28)7-12-3-5-13(6-4-12)33(29,30)19(20,21)22/h3-6,9H,7-8H2,1-2H3,(H,23,27)(H,25,26,28). The molecule has 1 aromatic carbocycles. The van der Waals surface area contributed by atoms with E-state index in [9.17, 15) is 31.2 Å². The lowest BCUT2D eigenvalue weighted by molar-refractivity contribution is -0.119. The molecule has 2 amide bonds. The first kappa shape index (κ1) is 24.8. The molecule has 0 radical (unpaired) electrons. The molecule has 3 aromatic rings. The Morgan fingerprint density at radius 3 is 2.39 bits per heavy atom. The monoisotopic (exact) mass is 518 g/mol. The number of hydrogen-bond acceptors (Lipinski definition) is 8. The molecule has 2 N–H and O–H groups in total. The first-order chi connectivity index (χ1) is 15.4. The molecule has 2 aromatic heterocycles. The van der Waals surface area contributed by atoms with E-state index in [0.717, 1.165) is 34.8 Å². The summed E-state index contributed by atoms with van der Waals surface area (Å²) in [6, 6.07) is 3.95. The topological polar surface area (TPSA) is 118 Å². The van der Waals surface area contributed by atoms with E-state index >= 15 is 0 Å². The van der Waals surface area contributed by atoms with Gasteiger partial charge in [-0.05, 0) is 24.6 Å². The third-order valence-corrected chi connectivity index (χ3v) is 7.66. The van der Waals surface area contributed by atoms with Crippen LogP contribution in [0.3, 0.4) is 0 Å². The largest absolute Gasteiger partial charge is 0.501 e. The molecular formula is C19H17F3N4O4S3. The SMILES string of the molecule is CC(=O)NCc1nc(C)c(-c2csc(NC(=O)Cc3ccc(S(=O)(=O)C(F)(F)F)cc3)n2)s1. The fourth-order valence-electron chi connectivity index (χ4n) is 2.67. The average molecular weight is 519 g/mol. The van der Waals surface area contributed by atoms with Crippen LogP contribution >= 0.6 is 22.7 Å². The zero-order chi connectivity index (χ0) is 24.4. The summed E-state index contributed by atoms with van der Waals surface area (Å²) in [5, 5.41) is 8.07. The van der Waals surface area contributed by atoms with E-state index in [4.69, 9.17) is 0 Å². The molecule has 0 fully saturated rings. The Balaban J connectivity index is 1.64.